The van der Waals surface area contributed by atoms with Crippen molar-refractivity contribution in [3.8, 4) is 0 Å². The summed E-state index contributed by atoms with van der Waals surface area (Å²) in [6.07, 6.45) is 3.19. The number of aliphatic hydroxyl groups is 1. The third kappa shape index (κ3) is 4.63. The second-order valence-electron chi connectivity index (χ2n) is 11.0. The van der Waals surface area contributed by atoms with E-state index in [1.807, 2.05) is 55.6 Å². The lowest BCUT2D eigenvalue weighted by atomic mass is 9.64. The molecule has 0 saturated heterocycles. The Morgan fingerprint density at radius 3 is 2.29 bits per heavy atom. The van der Waals surface area contributed by atoms with Crippen molar-refractivity contribution in [2.24, 2.45) is 16.7 Å². The van der Waals surface area contributed by atoms with Gasteiger partial charge in [0.25, 0.3) is 0 Å². The summed E-state index contributed by atoms with van der Waals surface area (Å²) in [5.41, 5.74) is 3.16. The van der Waals surface area contributed by atoms with E-state index in [0.29, 0.717) is 32.4 Å². The van der Waals surface area contributed by atoms with Gasteiger partial charge in [0.15, 0.2) is 0 Å². The molecule has 0 bridgehead atoms. The summed E-state index contributed by atoms with van der Waals surface area (Å²) in [6, 6.07) is 18.2. The number of benzene rings is 2. The number of aliphatic hydroxyl groups excluding tert-OH is 1. The molecule has 2 aliphatic rings. The molecule has 3 atom stereocenters. The molecule has 1 aliphatic heterocycles. The molecule has 1 fully saturated rings. The second kappa shape index (κ2) is 9.62. The molecule has 1 heterocycles. The molecule has 1 saturated carbocycles. The van der Waals surface area contributed by atoms with Gasteiger partial charge in [-0.3, -0.25) is 4.31 Å². The lowest BCUT2D eigenvalue weighted by Crippen LogP contribution is -2.51. The summed E-state index contributed by atoms with van der Waals surface area (Å²) in [4.78, 5) is 2.17. The maximum absolute atomic E-state index is 14.1. The lowest BCUT2D eigenvalue weighted by molar-refractivity contribution is -0.00229. The number of allylic oxidation sites excluding steroid dienone is 1. The molecule has 0 spiro atoms. The van der Waals surface area contributed by atoms with Crippen molar-refractivity contribution in [1.29, 1.82) is 0 Å². The molecule has 35 heavy (non-hydrogen) atoms. The van der Waals surface area contributed by atoms with Crippen LogP contribution in [0.5, 0.6) is 0 Å². The highest BCUT2D eigenvalue weighted by molar-refractivity contribution is 7.89. The number of aryl methyl sites for hydroxylation is 1. The van der Waals surface area contributed by atoms with E-state index in [9.17, 15) is 13.5 Å². The Bertz CT molecular complexity index is 1180. The summed E-state index contributed by atoms with van der Waals surface area (Å²) in [5, 5.41) is 11.1. The molecule has 6 heteroatoms. The van der Waals surface area contributed by atoms with Crippen molar-refractivity contribution in [2.45, 2.75) is 60.0 Å². The maximum Gasteiger partial charge on any atom is 0.235 e. The zero-order valence-corrected chi connectivity index (χ0v) is 22.6. The van der Waals surface area contributed by atoms with Crippen LogP contribution in [0.4, 0.5) is 5.69 Å². The number of hydrogen-bond acceptors (Lipinski definition) is 4. The monoisotopic (exact) mass is 496 g/mol. The lowest BCUT2D eigenvalue weighted by Gasteiger charge is -2.46. The first-order chi connectivity index (χ1) is 16.5. The molecular formula is C29H40N2O3S. The number of para-hydroxylation sites is 1. The first kappa shape index (κ1) is 25.8. The normalized spacial score (nSPS) is 26.6. The van der Waals surface area contributed by atoms with Gasteiger partial charge in [-0.1, -0.05) is 76.2 Å². The van der Waals surface area contributed by atoms with Gasteiger partial charge in [0.1, 0.15) is 0 Å². The largest absolute Gasteiger partial charge is 0.392 e. The van der Waals surface area contributed by atoms with E-state index in [-0.39, 0.29) is 17.1 Å². The number of nitrogens with zero attached hydrogens (tertiary/aromatic N) is 2. The van der Waals surface area contributed by atoms with Crippen molar-refractivity contribution in [3.05, 3.63) is 77.6 Å². The van der Waals surface area contributed by atoms with Crippen LogP contribution in [-0.2, 0) is 16.4 Å². The molecule has 1 N–H and O–H groups in total. The molecule has 190 valence electrons. The van der Waals surface area contributed by atoms with Crippen LogP contribution in [0.25, 0.3) is 0 Å². The van der Waals surface area contributed by atoms with Gasteiger partial charge < -0.3 is 10.0 Å². The first-order valence-electron chi connectivity index (χ1n) is 12.8. The molecule has 2 aromatic carbocycles. The average Bonchev–Trinajstić information content (AvgIpc) is 2.98. The summed E-state index contributed by atoms with van der Waals surface area (Å²) >= 11 is 0. The SMILES string of the molecule is CCC1(CS(=O)(=O)N2CCN(c3ccccc3C)C=C2Cc2ccccc2)C(O)CC(C)C1(C)C. The summed E-state index contributed by atoms with van der Waals surface area (Å²) in [7, 11) is -3.67. The van der Waals surface area contributed by atoms with E-state index < -0.39 is 21.5 Å². The van der Waals surface area contributed by atoms with Crippen LogP contribution >= 0.6 is 0 Å². The van der Waals surface area contributed by atoms with Crippen LogP contribution in [0, 0.1) is 23.7 Å². The smallest absolute Gasteiger partial charge is 0.235 e. The van der Waals surface area contributed by atoms with Gasteiger partial charge in [0.2, 0.25) is 10.0 Å². The first-order valence-corrected chi connectivity index (χ1v) is 14.4. The molecular weight excluding hydrogens is 456 g/mol. The van der Waals surface area contributed by atoms with Crippen LogP contribution in [0.3, 0.4) is 0 Å². The molecule has 0 radical (unpaired) electrons. The maximum atomic E-state index is 14.1. The molecule has 1 aliphatic carbocycles. The zero-order chi connectivity index (χ0) is 25.4. The van der Waals surface area contributed by atoms with Gasteiger partial charge in [0.05, 0.1) is 18.4 Å². The van der Waals surface area contributed by atoms with E-state index in [0.717, 1.165) is 22.5 Å². The Morgan fingerprint density at radius 1 is 1.03 bits per heavy atom. The van der Waals surface area contributed by atoms with Gasteiger partial charge in [-0.05, 0) is 48.3 Å². The van der Waals surface area contributed by atoms with Gasteiger partial charge >= 0.3 is 0 Å². The van der Waals surface area contributed by atoms with Crippen molar-refractivity contribution < 1.29 is 13.5 Å². The quantitative estimate of drug-likeness (QED) is 0.561. The minimum absolute atomic E-state index is 0.0362. The third-order valence-electron chi connectivity index (χ3n) is 8.96. The van der Waals surface area contributed by atoms with Crippen molar-refractivity contribution in [3.63, 3.8) is 0 Å². The standard InChI is InChI=1S/C29H40N2O3S/c1-6-29(27(32)18-23(3)28(29,4)5)21-35(33,34)31-17-16-30(26-15-11-10-12-22(26)2)20-25(31)19-24-13-8-7-9-14-24/h7-15,20,23,27,32H,6,16-19,21H2,1-5H3. The highest BCUT2D eigenvalue weighted by Crippen LogP contribution is 2.58. The van der Waals surface area contributed by atoms with Crippen molar-refractivity contribution >= 4 is 15.7 Å². The van der Waals surface area contributed by atoms with Crippen LogP contribution in [0.1, 0.15) is 51.7 Å². The van der Waals surface area contributed by atoms with Gasteiger partial charge in [-0.2, -0.15) is 0 Å². The Balaban J connectivity index is 1.72. The van der Waals surface area contributed by atoms with E-state index in [1.165, 1.54) is 0 Å². The third-order valence-corrected chi connectivity index (χ3v) is 10.9. The number of anilines is 1. The fraction of sp³-hybridized carbons (Fsp3) is 0.517. The molecule has 0 aromatic heterocycles. The van der Waals surface area contributed by atoms with E-state index in [4.69, 9.17) is 0 Å². The Morgan fingerprint density at radius 2 is 1.69 bits per heavy atom. The Hall–Kier alpha value is -2.31. The van der Waals surface area contributed by atoms with E-state index >= 15 is 0 Å². The molecule has 5 nitrogen and oxygen atoms in total. The Kier molecular flexibility index (Phi) is 7.09. The van der Waals surface area contributed by atoms with Crippen molar-refractivity contribution in [1.82, 2.24) is 4.31 Å². The number of rotatable bonds is 7. The average molecular weight is 497 g/mol. The van der Waals surface area contributed by atoms with Crippen LogP contribution in [-0.4, -0.2) is 42.8 Å². The van der Waals surface area contributed by atoms with Gasteiger partial charge in [-0.25, -0.2) is 8.42 Å². The van der Waals surface area contributed by atoms with Crippen LogP contribution in [0.15, 0.2) is 66.5 Å². The molecule has 0 amide bonds. The summed E-state index contributed by atoms with van der Waals surface area (Å²) in [6.45, 7) is 11.5. The molecule has 3 unspecified atom stereocenters. The van der Waals surface area contributed by atoms with Gasteiger partial charge in [-0.15, -0.1) is 0 Å². The predicted octanol–water partition coefficient (Wildman–Crippen LogP) is 5.35. The fourth-order valence-corrected chi connectivity index (χ4v) is 8.64. The molecule has 2 aromatic rings. The highest BCUT2D eigenvalue weighted by atomic mass is 32.2. The topological polar surface area (TPSA) is 60.9 Å². The summed E-state index contributed by atoms with van der Waals surface area (Å²) in [5.74, 6) is 0.218. The van der Waals surface area contributed by atoms with E-state index in [2.05, 4.69) is 44.7 Å². The number of hydrogen-bond donors (Lipinski definition) is 1. The summed E-state index contributed by atoms with van der Waals surface area (Å²) < 4.78 is 29.8. The minimum atomic E-state index is -3.67. The van der Waals surface area contributed by atoms with Gasteiger partial charge in [0, 0.05) is 36.0 Å². The Labute approximate surface area is 211 Å². The fourth-order valence-electron chi connectivity index (χ4n) is 6.24. The zero-order valence-electron chi connectivity index (χ0n) is 21.7. The van der Waals surface area contributed by atoms with Crippen LogP contribution < -0.4 is 4.90 Å². The highest BCUT2D eigenvalue weighted by Gasteiger charge is 2.59. The second-order valence-corrected chi connectivity index (χ2v) is 12.9. The number of sulfonamides is 1. The molecule has 4 rings (SSSR count). The predicted molar refractivity (Wildman–Crippen MR) is 144 cm³/mol. The van der Waals surface area contributed by atoms with E-state index in [1.54, 1.807) is 4.31 Å². The van der Waals surface area contributed by atoms with Crippen LogP contribution in [0.2, 0.25) is 0 Å². The van der Waals surface area contributed by atoms with Crippen molar-refractivity contribution in [2.75, 3.05) is 23.7 Å². The minimum Gasteiger partial charge on any atom is -0.392 e.